The third-order valence-electron chi connectivity index (χ3n) is 4.39. The van der Waals surface area contributed by atoms with Gasteiger partial charge in [-0.2, -0.15) is 0 Å². The fourth-order valence-corrected chi connectivity index (χ4v) is 4.80. The van der Waals surface area contributed by atoms with Gasteiger partial charge in [-0.1, -0.05) is 25.1 Å². The van der Waals surface area contributed by atoms with E-state index in [9.17, 15) is 4.79 Å². The van der Waals surface area contributed by atoms with Crippen LogP contribution in [-0.4, -0.2) is 40.1 Å². The van der Waals surface area contributed by atoms with Crippen LogP contribution >= 0.6 is 23.1 Å². The van der Waals surface area contributed by atoms with Gasteiger partial charge in [-0.05, 0) is 42.7 Å². The zero-order valence-electron chi connectivity index (χ0n) is 14.5. The van der Waals surface area contributed by atoms with E-state index in [0.717, 1.165) is 37.9 Å². The van der Waals surface area contributed by atoms with Gasteiger partial charge in [-0.25, -0.2) is 9.97 Å². The Balaban J connectivity index is 1.84. The number of carbonyl (C=O) groups excluding carboxylic acids is 1. The lowest BCUT2D eigenvalue weighted by molar-refractivity contribution is -0.126. The molecular formula is C18H23N3OS2. The molecule has 0 aromatic carbocycles. The highest BCUT2D eigenvalue weighted by Gasteiger charge is 2.23. The molecule has 0 atom stereocenters. The minimum Gasteiger partial charge on any atom is -0.345 e. The Morgan fingerprint density at radius 1 is 1.33 bits per heavy atom. The summed E-state index contributed by atoms with van der Waals surface area (Å²) in [4.78, 5) is 24.4. The number of amides is 1. The van der Waals surface area contributed by atoms with Crippen molar-refractivity contribution >= 4 is 29.0 Å². The fraction of sp³-hybridized carbons (Fsp3) is 0.500. The summed E-state index contributed by atoms with van der Waals surface area (Å²) in [7, 11) is 1.82. The molecule has 0 aliphatic heterocycles. The van der Waals surface area contributed by atoms with Crippen LogP contribution in [0.3, 0.4) is 0 Å². The maximum Gasteiger partial charge on any atom is 0.232 e. The number of aromatic nitrogens is 2. The molecule has 0 bridgehead atoms. The topological polar surface area (TPSA) is 46.1 Å². The van der Waals surface area contributed by atoms with Crippen LogP contribution in [0.5, 0.6) is 0 Å². The first-order valence-electron chi connectivity index (χ1n) is 8.46. The van der Waals surface area contributed by atoms with Gasteiger partial charge in [0.15, 0.2) is 5.16 Å². The molecule has 1 aliphatic carbocycles. The van der Waals surface area contributed by atoms with Gasteiger partial charge < -0.3 is 4.90 Å². The Bertz CT molecular complexity index is 742. The minimum atomic E-state index is 0.117. The number of aryl methyl sites for hydroxylation is 3. The molecule has 6 heteroatoms. The van der Waals surface area contributed by atoms with Crippen LogP contribution in [0.2, 0.25) is 0 Å². The van der Waals surface area contributed by atoms with Gasteiger partial charge in [0.2, 0.25) is 5.91 Å². The average Bonchev–Trinajstić information content (AvgIpc) is 3.02. The van der Waals surface area contributed by atoms with E-state index < -0.39 is 0 Å². The summed E-state index contributed by atoms with van der Waals surface area (Å²) in [5, 5.41) is 2.99. The predicted octanol–water partition coefficient (Wildman–Crippen LogP) is 3.83. The van der Waals surface area contributed by atoms with Crippen molar-refractivity contribution < 1.29 is 4.79 Å². The summed E-state index contributed by atoms with van der Waals surface area (Å²) in [6.07, 6.45) is 6.29. The summed E-state index contributed by atoms with van der Waals surface area (Å²) in [5.74, 6) is 0.508. The summed E-state index contributed by atoms with van der Waals surface area (Å²) in [5.41, 5.74) is 5.09. The Morgan fingerprint density at radius 2 is 2.12 bits per heavy atom. The second-order valence-corrected chi connectivity index (χ2v) is 7.94. The zero-order chi connectivity index (χ0) is 17.1. The highest BCUT2D eigenvalue weighted by atomic mass is 32.2. The quantitative estimate of drug-likeness (QED) is 0.579. The molecule has 2 aromatic rings. The van der Waals surface area contributed by atoms with Crippen LogP contribution in [0.4, 0.5) is 0 Å². The van der Waals surface area contributed by atoms with Crippen molar-refractivity contribution in [2.45, 2.75) is 44.7 Å². The molecule has 0 saturated carbocycles. The largest absolute Gasteiger partial charge is 0.345 e. The number of hydrogen-bond acceptors (Lipinski definition) is 5. The molecule has 24 heavy (non-hydrogen) atoms. The molecule has 128 valence electrons. The second-order valence-electron chi connectivity index (χ2n) is 6.03. The molecule has 0 radical (unpaired) electrons. The van der Waals surface area contributed by atoms with Crippen molar-refractivity contribution in [2.75, 3.05) is 19.3 Å². The third kappa shape index (κ3) is 3.49. The van der Waals surface area contributed by atoms with E-state index in [-0.39, 0.29) is 5.91 Å². The molecule has 2 heterocycles. The Kier molecular flexibility index (Phi) is 5.56. The number of rotatable bonds is 6. The summed E-state index contributed by atoms with van der Waals surface area (Å²) in [6.45, 7) is 4.92. The first-order valence-corrected chi connectivity index (χ1v) is 10.3. The number of nitrogens with zero attached hydrogens (tertiary/aromatic N) is 3. The first kappa shape index (κ1) is 17.4. The summed E-state index contributed by atoms with van der Waals surface area (Å²) in [6, 6.07) is 0. The SMILES string of the molecule is CCCc1scc2c1-c1nc(SCC(=O)N(C)CC)ncc1CC2. The molecule has 4 nitrogen and oxygen atoms in total. The maximum absolute atomic E-state index is 12.0. The van der Waals surface area contributed by atoms with Crippen LogP contribution in [0.1, 0.15) is 36.3 Å². The standard InChI is InChI=1S/C18H23N3OS2/c1-4-6-14-16-13(10-23-14)8-7-12-9-19-18(20-17(12)16)24-11-15(22)21(3)5-2/h9-10H,4-8,11H2,1-3H3. The minimum absolute atomic E-state index is 0.117. The highest BCUT2D eigenvalue weighted by molar-refractivity contribution is 7.99. The predicted molar refractivity (Wildman–Crippen MR) is 101 cm³/mol. The van der Waals surface area contributed by atoms with Crippen molar-refractivity contribution in [3.8, 4) is 11.3 Å². The van der Waals surface area contributed by atoms with Crippen LogP contribution in [0.15, 0.2) is 16.7 Å². The molecule has 0 N–H and O–H groups in total. The van der Waals surface area contributed by atoms with Crippen molar-refractivity contribution in [1.82, 2.24) is 14.9 Å². The Labute approximate surface area is 151 Å². The van der Waals surface area contributed by atoms with Gasteiger partial charge in [0.25, 0.3) is 0 Å². The first-order chi connectivity index (χ1) is 11.6. The molecular weight excluding hydrogens is 338 g/mol. The van der Waals surface area contributed by atoms with Gasteiger partial charge in [-0.3, -0.25) is 4.79 Å². The normalized spacial score (nSPS) is 12.6. The number of thioether (sulfide) groups is 1. The van der Waals surface area contributed by atoms with Crippen LogP contribution in [0.25, 0.3) is 11.3 Å². The number of thiophene rings is 1. The van der Waals surface area contributed by atoms with Crippen molar-refractivity contribution in [2.24, 2.45) is 0 Å². The number of hydrogen-bond donors (Lipinski definition) is 0. The van der Waals surface area contributed by atoms with E-state index in [1.54, 1.807) is 4.90 Å². The van der Waals surface area contributed by atoms with Gasteiger partial charge >= 0.3 is 0 Å². The lowest BCUT2D eigenvalue weighted by Crippen LogP contribution is -2.27. The smallest absolute Gasteiger partial charge is 0.232 e. The third-order valence-corrected chi connectivity index (χ3v) is 6.33. The molecule has 3 rings (SSSR count). The molecule has 1 aliphatic rings. The van der Waals surface area contributed by atoms with Gasteiger partial charge in [-0.15, -0.1) is 11.3 Å². The number of carbonyl (C=O) groups is 1. The van der Waals surface area contributed by atoms with Gasteiger partial charge in [0.05, 0.1) is 11.4 Å². The molecule has 0 fully saturated rings. The van der Waals surface area contributed by atoms with Crippen LogP contribution < -0.4 is 0 Å². The molecule has 0 saturated heterocycles. The van der Waals surface area contributed by atoms with E-state index in [4.69, 9.17) is 4.98 Å². The number of fused-ring (bicyclic) bond motifs is 3. The van der Waals surface area contributed by atoms with E-state index in [1.807, 2.05) is 31.5 Å². The van der Waals surface area contributed by atoms with Crippen LogP contribution in [0, 0.1) is 0 Å². The van der Waals surface area contributed by atoms with Crippen molar-refractivity contribution in [3.05, 3.63) is 27.6 Å². The van der Waals surface area contributed by atoms with E-state index in [1.165, 1.54) is 33.3 Å². The monoisotopic (exact) mass is 361 g/mol. The van der Waals surface area contributed by atoms with E-state index in [0.29, 0.717) is 10.9 Å². The highest BCUT2D eigenvalue weighted by Crippen LogP contribution is 2.39. The van der Waals surface area contributed by atoms with Gasteiger partial charge in [0, 0.05) is 30.2 Å². The second kappa shape index (κ2) is 7.66. The Morgan fingerprint density at radius 3 is 2.88 bits per heavy atom. The van der Waals surface area contributed by atoms with Crippen LogP contribution in [-0.2, 0) is 24.1 Å². The summed E-state index contributed by atoms with van der Waals surface area (Å²) < 4.78 is 0. The van der Waals surface area contributed by atoms with Crippen molar-refractivity contribution in [1.29, 1.82) is 0 Å². The van der Waals surface area contributed by atoms with E-state index in [2.05, 4.69) is 17.3 Å². The molecule has 1 amide bonds. The van der Waals surface area contributed by atoms with Crippen molar-refractivity contribution in [3.63, 3.8) is 0 Å². The zero-order valence-corrected chi connectivity index (χ0v) is 16.1. The molecule has 0 spiro atoms. The fourth-order valence-electron chi connectivity index (χ4n) is 2.86. The summed E-state index contributed by atoms with van der Waals surface area (Å²) >= 11 is 3.29. The lowest BCUT2D eigenvalue weighted by Gasteiger charge is -2.18. The lowest BCUT2D eigenvalue weighted by atomic mass is 9.91. The van der Waals surface area contributed by atoms with E-state index >= 15 is 0 Å². The molecule has 2 aromatic heterocycles. The Hall–Kier alpha value is -1.40. The maximum atomic E-state index is 12.0. The molecule has 0 unspecified atom stereocenters. The van der Waals surface area contributed by atoms with Gasteiger partial charge in [0.1, 0.15) is 0 Å². The average molecular weight is 362 g/mol.